The lowest BCUT2D eigenvalue weighted by molar-refractivity contribution is -0.141. The zero-order chi connectivity index (χ0) is 18.6. The molecule has 0 radical (unpaired) electrons. The molecule has 0 aliphatic rings. The van der Waals surface area contributed by atoms with Gasteiger partial charge in [-0.1, -0.05) is 0 Å². The Morgan fingerprint density at radius 3 is 2.40 bits per heavy atom. The fourth-order valence-electron chi connectivity index (χ4n) is 1.86. The highest BCUT2D eigenvalue weighted by Gasteiger charge is 2.33. The van der Waals surface area contributed by atoms with Crippen LogP contribution in [0.2, 0.25) is 0 Å². The summed E-state index contributed by atoms with van der Waals surface area (Å²) < 4.78 is 65.6. The normalized spacial score (nSPS) is 11.7. The van der Waals surface area contributed by atoms with Crippen molar-refractivity contribution < 1.29 is 22.0 Å². The minimum Gasteiger partial charge on any atom is -0.353 e. The maximum Gasteiger partial charge on any atom is 0.433 e. The van der Waals surface area contributed by atoms with Crippen LogP contribution >= 0.6 is 0 Å². The Morgan fingerprint density at radius 1 is 1.08 bits per heavy atom. The Bertz CT molecular complexity index is 733. The summed E-state index contributed by atoms with van der Waals surface area (Å²) >= 11 is 0. The summed E-state index contributed by atoms with van der Waals surface area (Å²) in [6.45, 7) is 0.869. The molecule has 1 aromatic heterocycles. The molecule has 0 saturated carbocycles. The Kier molecular flexibility index (Phi) is 5.73. The van der Waals surface area contributed by atoms with Crippen molar-refractivity contribution in [2.24, 2.45) is 0 Å². The van der Waals surface area contributed by atoms with Gasteiger partial charge in [-0.05, 0) is 26.2 Å². The van der Waals surface area contributed by atoms with Gasteiger partial charge in [0.2, 0.25) is 5.95 Å². The first-order valence-electron chi connectivity index (χ1n) is 7.22. The molecule has 0 unspecified atom stereocenters. The molecule has 25 heavy (non-hydrogen) atoms. The van der Waals surface area contributed by atoms with Crippen LogP contribution < -0.4 is 10.6 Å². The molecular formula is C15H16F5N5. The van der Waals surface area contributed by atoms with Gasteiger partial charge >= 0.3 is 6.18 Å². The van der Waals surface area contributed by atoms with E-state index in [1.54, 1.807) is 14.1 Å². The fraction of sp³-hybridized carbons (Fsp3) is 0.333. The van der Waals surface area contributed by atoms with E-state index in [0.29, 0.717) is 25.2 Å². The largest absolute Gasteiger partial charge is 0.433 e. The Hall–Kier alpha value is -2.49. The van der Waals surface area contributed by atoms with E-state index in [9.17, 15) is 22.0 Å². The van der Waals surface area contributed by atoms with Gasteiger partial charge in [-0.15, -0.1) is 0 Å². The highest BCUT2D eigenvalue weighted by Crippen LogP contribution is 2.30. The van der Waals surface area contributed by atoms with Crippen molar-refractivity contribution in [2.45, 2.75) is 6.18 Å². The smallest absolute Gasteiger partial charge is 0.353 e. The summed E-state index contributed by atoms with van der Waals surface area (Å²) in [7, 11) is 3.61. The molecule has 1 heterocycles. The first-order chi connectivity index (χ1) is 11.6. The van der Waals surface area contributed by atoms with Crippen LogP contribution in [0.3, 0.4) is 0 Å². The molecule has 0 bridgehead atoms. The second-order valence-electron chi connectivity index (χ2n) is 5.44. The van der Waals surface area contributed by atoms with E-state index in [4.69, 9.17) is 0 Å². The predicted molar refractivity (Wildman–Crippen MR) is 83.7 cm³/mol. The van der Waals surface area contributed by atoms with Crippen molar-refractivity contribution in [2.75, 3.05) is 37.8 Å². The second kappa shape index (κ2) is 7.60. The minimum atomic E-state index is -4.70. The van der Waals surface area contributed by atoms with E-state index in [2.05, 4.69) is 20.6 Å². The lowest BCUT2D eigenvalue weighted by Crippen LogP contribution is -2.22. The number of likely N-dealkylation sites (N-methyl/N-ethyl adjacent to an activating group) is 1. The second-order valence-corrected chi connectivity index (χ2v) is 5.44. The summed E-state index contributed by atoms with van der Waals surface area (Å²) in [6, 6.07) is 3.32. The van der Waals surface area contributed by atoms with E-state index in [1.165, 1.54) is 0 Å². The van der Waals surface area contributed by atoms with Gasteiger partial charge in [-0.3, -0.25) is 0 Å². The molecule has 2 rings (SSSR count). The van der Waals surface area contributed by atoms with Gasteiger partial charge in [0.25, 0.3) is 0 Å². The third-order valence-electron chi connectivity index (χ3n) is 3.05. The Morgan fingerprint density at radius 2 is 1.80 bits per heavy atom. The van der Waals surface area contributed by atoms with Crippen LogP contribution in [0.15, 0.2) is 24.3 Å². The SMILES string of the molecule is CN(C)CCNc1nc(Nc2ccc(F)cc2F)cc(C(F)(F)F)n1. The lowest BCUT2D eigenvalue weighted by atomic mass is 10.3. The van der Waals surface area contributed by atoms with Crippen LogP contribution in [0.5, 0.6) is 0 Å². The molecule has 0 saturated heterocycles. The molecular weight excluding hydrogens is 345 g/mol. The zero-order valence-corrected chi connectivity index (χ0v) is 13.5. The van der Waals surface area contributed by atoms with Gasteiger partial charge in [0.05, 0.1) is 5.69 Å². The molecule has 0 aliphatic carbocycles. The number of nitrogens with zero attached hydrogens (tertiary/aromatic N) is 3. The number of alkyl halides is 3. The third kappa shape index (κ3) is 5.52. The van der Waals surface area contributed by atoms with Crippen LogP contribution in [-0.4, -0.2) is 42.1 Å². The van der Waals surface area contributed by atoms with Crippen molar-refractivity contribution in [1.29, 1.82) is 0 Å². The number of hydrogen-bond acceptors (Lipinski definition) is 5. The molecule has 0 amide bonds. The highest BCUT2D eigenvalue weighted by atomic mass is 19.4. The third-order valence-corrected chi connectivity index (χ3v) is 3.05. The number of nitrogens with one attached hydrogen (secondary N) is 2. The van der Waals surface area contributed by atoms with Crippen molar-refractivity contribution in [3.63, 3.8) is 0 Å². The first-order valence-corrected chi connectivity index (χ1v) is 7.22. The quantitative estimate of drug-likeness (QED) is 0.772. The van der Waals surface area contributed by atoms with Gasteiger partial charge in [0.1, 0.15) is 17.5 Å². The van der Waals surface area contributed by atoms with Gasteiger partial charge in [-0.25, -0.2) is 13.8 Å². The van der Waals surface area contributed by atoms with Crippen LogP contribution in [-0.2, 0) is 6.18 Å². The van der Waals surface area contributed by atoms with Crippen molar-refractivity contribution in [3.8, 4) is 0 Å². The van der Waals surface area contributed by atoms with E-state index < -0.39 is 23.5 Å². The highest BCUT2D eigenvalue weighted by molar-refractivity contribution is 5.58. The summed E-state index contributed by atoms with van der Waals surface area (Å²) in [4.78, 5) is 9.14. The molecule has 1 aromatic carbocycles. The molecule has 10 heteroatoms. The van der Waals surface area contributed by atoms with Crippen molar-refractivity contribution in [1.82, 2.24) is 14.9 Å². The molecule has 5 nitrogen and oxygen atoms in total. The topological polar surface area (TPSA) is 53.1 Å². The molecule has 0 fully saturated rings. The number of halogens is 5. The van der Waals surface area contributed by atoms with Crippen molar-refractivity contribution in [3.05, 3.63) is 41.6 Å². The van der Waals surface area contributed by atoms with Gasteiger partial charge in [-0.2, -0.15) is 18.2 Å². The molecule has 0 atom stereocenters. The maximum absolute atomic E-state index is 13.7. The number of benzene rings is 1. The molecule has 0 aliphatic heterocycles. The fourth-order valence-corrected chi connectivity index (χ4v) is 1.86. The van der Waals surface area contributed by atoms with Crippen molar-refractivity contribution >= 4 is 17.5 Å². The molecule has 2 N–H and O–H groups in total. The van der Waals surface area contributed by atoms with E-state index >= 15 is 0 Å². The summed E-state index contributed by atoms with van der Waals surface area (Å²) in [5, 5.41) is 5.09. The average Bonchev–Trinajstić information content (AvgIpc) is 2.49. The standard InChI is InChI=1S/C15H16F5N5/c1-25(2)6-5-21-14-23-12(15(18,19)20)8-13(24-14)22-11-4-3-9(16)7-10(11)17/h3-4,7-8H,5-6H2,1-2H3,(H2,21,22,23,24). The molecule has 136 valence electrons. The van der Waals surface area contributed by atoms with Gasteiger partial charge in [0, 0.05) is 25.2 Å². The monoisotopic (exact) mass is 361 g/mol. The number of anilines is 3. The van der Waals surface area contributed by atoms with Gasteiger partial charge in [0.15, 0.2) is 5.69 Å². The lowest BCUT2D eigenvalue weighted by Gasteiger charge is -2.14. The van der Waals surface area contributed by atoms with Crippen LogP contribution in [0, 0.1) is 11.6 Å². The first kappa shape index (κ1) is 18.8. The van der Waals surface area contributed by atoms with Gasteiger partial charge < -0.3 is 15.5 Å². The van der Waals surface area contributed by atoms with Crippen LogP contribution in [0.4, 0.5) is 39.4 Å². The Labute approximate surface area is 140 Å². The van der Waals surface area contributed by atoms with E-state index in [-0.39, 0.29) is 17.5 Å². The number of hydrogen-bond donors (Lipinski definition) is 2. The molecule has 0 spiro atoms. The average molecular weight is 361 g/mol. The summed E-state index contributed by atoms with van der Waals surface area (Å²) in [5.41, 5.74) is -1.38. The van der Waals surface area contributed by atoms with Crippen LogP contribution in [0.1, 0.15) is 5.69 Å². The summed E-state index contributed by atoms with van der Waals surface area (Å²) in [6.07, 6.45) is -4.70. The molecule has 2 aromatic rings. The summed E-state index contributed by atoms with van der Waals surface area (Å²) in [5.74, 6) is -2.26. The van der Waals surface area contributed by atoms with E-state index in [0.717, 1.165) is 12.1 Å². The minimum absolute atomic E-state index is 0.201. The van der Waals surface area contributed by atoms with E-state index in [1.807, 2.05) is 4.90 Å². The predicted octanol–water partition coefficient (Wildman–Crippen LogP) is 3.49. The van der Waals surface area contributed by atoms with Crippen LogP contribution in [0.25, 0.3) is 0 Å². The zero-order valence-electron chi connectivity index (χ0n) is 13.5. The maximum atomic E-state index is 13.7. The number of rotatable bonds is 6. The number of aromatic nitrogens is 2. The Balaban J connectivity index is 2.29.